The molecule has 1 heterocycles. The van der Waals surface area contributed by atoms with Crippen molar-refractivity contribution in [3.63, 3.8) is 0 Å². The predicted molar refractivity (Wildman–Crippen MR) is 67.0 cm³/mol. The van der Waals surface area contributed by atoms with Gasteiger partial charge in [-0.3, -0.25) is 4.79 Å². The summed E-state index contributed by atoms with van der Waals surface area (Å²) in [6.45, 7) is 1.86. The molecule has 0 bridgehead atoms. The molecule has 1 saturated heterocycles. The second-order valence-electron chi connectivity index (χ2n) is 4.60. The summed E-state index contributed by atoms with van der Waals surface area (Å²) < 4.78 is 18.8. The van der Waals surface area contributed by atoms with Crippen LogP contribution in [0.5, 0.6) is 0 Å². The number of hydrogen-bond donors (Lipinski definition) is 1. The molecule has 0 saturated carbocycles. The Morgan fingerprint density at radius 1 is 1.58 bits per heavy atom. The standard InChI is InChI=1S/C14H15FN2O2/c15-13-4-3-10(7-16)6-12(13)14(18)17-8-11-2-1-5-19-9-11/h3-4,6,11H,1-2,5,8-9H2,(H,17,18). The van der Waals surface area contributed by atoms with E-state index in [1.54, 1.807) is 0 Å². The van der Waals surface area contributed by atoms with E-state index in [-0.39, 0.29) is 17.0 Å². The summed E-state index contributed by atoms with van der Waals surface area (Å²) in [5, 5.41) is 11.4. The van der Waals surface area contributed by atoms with Crippen molar-refractivity contribution in [3.05, 3.63) is 35.1 Å². The Balaban J connectivity index is 1.97. The second-order valence-corrected chi connectivity index (χ2v) is 4.60. The zero-order valence-electron chi connectivity index (χ0n) is 10.5. The molecule has 1 aromatic rings. The Labute approximate surface area is 111 Å². The second kappa shape index (κ2) is 6.30. The van der Waals surface area contributed by atoms with Crippen LogP contribution in [0, 0.1) is 23.1 Å². The molecule has 1 amide bonds. The molecule has 2 rings (SSSR count). The summed E-state index contributed by atoms with van der Waals surface area (Å²) in [6.07, 6.45) is 1.99. The first kappa shape index (κ1) is 13.5. The van der Waals surface area contributed by atoms with E-state index in [2.05, 4.69) is 5.32 Å². The molecule has 1 aromatic carbocycles. The molecule has 4 nitrogen and oxygen atoms in total. The number of carbonyl (C=O) groups is 1. The van der Waals surface area contributed by atoms with Gasteiger partial charge in [-0.1, -0.05) is 0 Å². The van der Waals surface area contributed by atoms with Gasteiger partial charge in [0.05, 0.1) is 23.8 Å². The smallest absolute Gasteiger partial charge is 0.254 e. The highest BCUT2D eigenvalue weighted by Gasteiger charge is 2.17. The van der Waals surface area contributed by atoms with E-state index in [4.69, 9.17) is 10.00 Å². The van der Waals surface area contributed by atoms with Crippen LogP contribution in [0.1, 0.15) is 28.8 Å². The summed E-state index contributed by atoms with van der Waals surface area (Å²) in [5.74, 6) is -0.823. The lowest BCUT2D eigenvalue weighted by Crippen LogP contribution is -2.33. The van der Waals surface area contributed by atoms with Crippen molar-refractivity contribution in [1.82, 2.24) is 5.32 Å². The Hall–Kier alpha value is -1.93. The van der Waals surface area contributed by atoms with Gasteiger partial charge < -0.3 is 10.1 Å². The van der Waals surface area contributed by atoms with E-state index >= 15 is 0 Å². The van der Waals surface area contributed by atoms with E-state index in [1.807, 2.05) is 6.07 Å². The molecule has 0 spiro atoms. The predicted octanol–water partition coefficient (Wildman–Crippen LogP) is 1.85. The summed E-state index contributed by atoms with van der Waals surface area (Å²) in [5.41, 5.74) is 0.184. The summed E-state index contributed by atoms with van der Waals surface area (Å²) in [7, 11) is 0. The summed E-state index contributed by atoms with van der Waals surface area (Å²) in [4.78, 5) is 11.9. The van der Waals surface area contributed by atoms with Crippen LogP contribution in [0.2, 0.25) is 0 Å². The van der Waals surface area contributed by atoms with Crippen LogP contribution in [0.4, 0.5) is 4.39 Å². The van der Waals surface area contributed by atoms with Gasteiger partial charge in [0.2, 0.25) is 0 Å². The Kier molecular flexibility index (Phi) is 4.48. The Bertz CT molecular complexity index is 505. The van der Waals surface area contributed by atoms with Crippen molar-refractivity contribution >= 4 is 5.91 Å². The third kappa shape index (κ3) is 3.52. The number of ether oxygens (including phenoxy) is 1. The van der Waals surface area contributed by atoms with Crippen LogP contribution in [0.15, 0.2) is 18.2 Å². The Morgan fingerprint density at radius 2 is 2.42 bits per heavy atom. The zero-order valence-corrected chi connectivity index (χ0v) is 10.5. The van der Waals surface area contributed by atoms with Crippen LogP contribution in [0.25, 0.3) is 0 Å². The molecular weight excluding hydrogens is 247 g/mol. The average molecular weight is 262 g/mol. The number of nitriles is 1. The van der Waals surface area contributed by atoms with Crippen LogP contribution >= 0.6 is 0 Å². The van der Waals surface area contributed by atoms with Gasteiger partial charge in [-0.25, -0.2) is 4.39 Å². The number of rotatable bonds is 3. The van der Waals surface area contributed by atoms with Gasteiger partial charge in [-0.15, -0.1) is 0 Å². The number of hydrogen-bond acceptors (Lipinski definition) is 3. The summed E-state index contributed by atoms with van der Waals surface area (Å²) in [6, 6.07) is 5.64. The molecule has 1 unspecified atom stereocenters. The highest BCUT2D eigenvalue weighted by atomic mass is 19.1. The van der Waals surface area contributed by atoms with E-state index < -0.39 is 11.7 Å². The fourth-order valence-corrected chi connectivity index (χ4v) is 2.07. The third-order valence-electron chi connectivity index (χ3n) is 3.15. The molecule has 0 aliphatic carbocycles. The van der Waals surface area contributed by atoms with Gasteiger partial charge in [-0.05, 0) is 37.0 Å². The Morgan fingerprint density at radius 3 is 3.11 bits per heavy atom. The van der Waals surface area contributed by atoms with Crippen LogP contribution in [-0.2, 0) is 4.74 Å². The lowest BCUT2D eigenvalue weighted by atomic mass is 10.0. The van der Waals surface area contributed by atoms with Crippen molar-refractivity contribution in [3.8, 4) is 6.07 Å². The SMILES string of the molecule is N#Cc1ccc(F)c(C(=O)NCC2CCCOC2)c1. The van der Waals surface area contributed by atoms with E-state index in [1.165, 1.54) is 12.1 Å². The average Bonchev–Trinajstić information content (AvgIpc) is 2.46. The molecule has 1 N–H and O–H groups in total. The van der Waals surface area contributed by atoms with Gasteiger partial charge in [0.1, 0.15) is 5.82 Å². The first-order valence-corrected chi connectivity index (χ1v) is 6.26. The molecule has 1 aliphatic heterocycles. The highest BCUT2D eigenvalue weighted by Crippen LogP contribution is 2.13. The zero-order chi connectivity index (χ0) is 13.7. The van der Waals surface area contributed by atoms with Crippen LogP contribution in [0.3, 0.4) is 0 Å². The fourth-order valence-electron chi connectivity index (χ4n) is 2.07. The van der Waals surface area contributed by atoms with Gasteiger partial charge in [0, 0.05) is 13.2 Å². The fraction of sp³-hybridized carbons (Fsp3) is 0.429. The maximum atomic E-state index is 13.5. The molecule has 1 atom stereocenters. The van der Waals surface area contributed by atoms with Crippen molar-refractivity contribution in [2.24, 2.45) is 5.92 Å². The number of benzene rings is 1. The monoisotopic (exact) mass is 262 g/mol. The maximum absolute atomic E-state index is 13.5. The number of nitrogens with one attached hydrogen (secondary N) is 1. The minimum Gasteiger partial charge on any atom is -0.381 e. The summed E-state index contributed by atoms with van der Waals surface area (Å²) >= 11 is 0. The number of halogens is 1. The maximum Gasteiger partial charge on any atom is 0.254 e. The molecule has 1 fully saturated rings. The van der Waals surface area contributed by atoms with Crippen LogP contribution in [-0.4, -0.2) is 25.7 Å². The minimum absolute atomic E-state index is 0.0872. The minimum atomic E-state index is -0.614. The quantitative estimate of drug-likeness (QED) is 0.904. The van der Waals surface area contributed by atoms with E-state index in [0.29, 0.717) is 13.2 Å². The molecule has 5 heteroatoms. The van der Waals surface area contributed by atoms with Crippen LogP contribution < -0.4 is 5.32 Å². The third-order valence-corrected chi connectivity index (χ3v) is 3.15. The van der Waals surface area contributed by atoms with Gasteiger partial charge in [-0.2, -0.15) is 5.26 Å². The molecule has 1 aliphatic rings. The lowest BCUT2D eigenvalue weighted by molar-refractivity contribution is 0.0536. The highest BCUT2D eigenvalue weighted by molar-refractivity contribution is 5.94. The number of amides is 1. The number of nitrogens with zero attached hydrogens (tertiary/aromatic N) is 1. The van der Waals surface area contributed by atoms with E-state index in [0.717, 1.165) is 25.5 Å². The number of carbonyl (C=O) groups excluding carboxylic acids is 1. The van der Waals surface area contributed by atoms with Gasteiger partial charge in [0.25, 0.3) is 5.91 Å². The molecular formula is C14H15FN2O2. The van der Waals surface area contributed by atoms with E-state index in [9.17, 15) is 9.18 Å². The van der Waals surface area contributed by atoms with Crippen molar-refractivity contribution in [1.29, 1.82) is 5.26 Å². The molecule has 100 valence electrons. The van der Waals surface area contributed by atoms with Crippen molar-refractivity contribution in [2.45, 2.75) is 12.8 Å². The van der Waals surface area contributed by atoms with Crippen molar-refractivity contribution < 1.29 is 13.9 Å². The largest absolute Gasteiger partial charge is 0.381 e. The first-order valence-electron chi connectivity index (χ1n) is 6.26. The topological polar surface area (TPSA) is 62.1 Å². The van der Waals surface area contributed by atoms with Gasteiger partial charge >= 0.3 is 0 Å². The molecule has 0 aromatic heterocycles. The van der Waals surface area contributed by atoms with Gasteiger partial charge in [0.15, 0.2) is 0 Å². The lowest BCUT2D eigenvalue weighted by Gasteiger charge is -2.22. The molecule has 19 heavy (non-hydrogen) atoms. The first-order chi connectivity index (χ1) is 9.20. The normalized spacial score (nSPS) is 18.6. The van der Waals surface area contributed by atoms with Crippen molar-refractivity contribution in [2.75, 3.05) is 19.8 Å². The molecule has 0 radical (unpaired) electrons.